The summed E-state index contributed by atoms with van der Waals surface area (Å²) in [6.07, 6.45) is 1.35. The van der Waals surface area contributed by atoms with Crippen LogP contribution in [-0.2, 0) is 0 Å². The summed E-state index contributed by atoms with van der Waals surface area (Å²) in [5, 5.41) is 0. The first-order chi connectivity index (χ1) is 12.6. The van der Waals surface area contributed by atoms with Crippen LogP contribution in [0.25, 0.3) is 0 Å². The van der Waals surface area contributed by atoms with E-state index in [1.54, 1.807) is 31.4 Å². The van der Waals surface area contributed by atoms with Gasteiger partial charge in [0.05, 0.1) is 7.11 Å². The summed E-state index contributed by atoms with van der Waals surface area (Å²) < 4.78 is 16.6. The van der Waals surface area contributed by atoms with Gasteiger partial charge in [-0.15, -0.1) is 0 Å². The SMILES string of the molecule is COc1ccc(Oc2ncnc(Oc3ccc(C(C)C)cc3)c2N)cc1. The maximum Gasteiger partial charge on any atom is 0.249 e. The van der Waals surface area contributed by atoms with Crippen LogP contribution < -0.4 is 19.9 Å². The van der Waals surface area contributed by atoms with Gasteiger partial charge in [0.15, 0.2) is 5.69 Å². The number of rotatable bonds is 6. The molecule has 0 bridgehead atoms. The van der Waals surface area contributed by atoms with Gasteiger partial charge in [-0.1, -0.05) is 26.0 Å². The first-order valence-corrected chi connectivity index (χ1v) is 8.27. The summed E-state index contributed by atoms with van der Waals surface area (Å²) in [7, 11) is 1.61. The van der Waals surface area contributed by atoms with E-state index in [0.717, 1.165) is 5.75 Å². The molecule has 1 heterocycles. The predicted molar refractivity (Wildman–Crippen MR) is 100 cm³/mol. The van der Waals surface area contributed by atoms with Gasteiger partial charge in [-0.2, -0.15) is 9.97 Å². The number of aromatic nitrogens is 2. The molecule has 0 atom stereocenters. The molecule has 2 N–H and O–H groups in total. The Morgan fingerprint density at radius 1 is 0.769 bits per heavy atom. The molecule has 0 saturated heterocycles. The lowest BCUT2D eigenvalue weighted by Gasteiger charge is -2.12. The maximum absolute atomic E-state index is 6.11. The second-order valence-electron chi connectivity index (χ2n) is 6.00. The number of nitrogens with two attached hydrogens (primary N) is 1. The van der Waals surface area contributed by atoms with E-state index in [2.05, 4.69) is 23.8 Å². The molecule has 3 aromatic rings. The van der Waals surface area contributed by atoms with Gasteiger partial charge in [-0.25, -0.2) is 0 Å². The fraction of sp³-hybridized carbons (Fsp3) is 0.200. The van der Waals surface area contributed by atoms with E-state index in [1.807, 2.05) is 24.3 Å². The molecule has 0 unspecified atom stereocenters. The topological polar surface area (TPSA) is 79.5 Å². The first kappa shape index (κ1) is 17.5. The molecule has 0 aliphatic rings. The lowest BCUT2D eigenvalue weighted by atomic mass is 10.0. The standard InChI is InChI=1S/C20H21N3O3/c1-13(2)14-4-6-16(7-5-14)25-19-18(21)20(23-12-22-19)26-17-10-8-15(24-3)9-11-17/h4-13H,21H2,1-3H3. The van der Waals surface area contributed by atoms with E-state index in [9.17, 15) is 0 Å². The number of hydrogen-bond donors (Lipinski definition) is 1. The van der Waals surface area contributed by atoms with Crippen molar-refractivity contribution >= 4 is 5.69 Å². The molecule has 0 aliphatic carbocycles. The molecule has 0 aliphatic heterocycles. The average Bonchev–Trinajstić information content (AvgIpc) is 2.66. The highest BCUT2D eigenvalue weighted by atomic mass is 16.5. The van der Waals surface area contributed by atoms with Gasteiger partial charge >= 0.3 is 0 Å². The third-order valence-electron chi connectivity index (χ3n) is 3.85. The number of methoxy groups -OCH3 is 1. The molecule has 1 aromatic heterocycles. The predicted octanol–water partition coefficient (Wildman–Crippen LogP) is 4.78. The van der Waals surface area contributed by atoms with Gasteiger partial charge in [0, 0.05) is 0 Å². The van der Waals surface area contributed by atoms with E-state index < -0.39 is 0 Å². The summed E-state index contributed by atoms with van der Waals surface area (Å²) in [5.41, 5.74) is 7.58. The second-order valence-corrected chi connectivity index (χ2v) is 6.00. The molecule has 0 radical (unpaired) electrons. The molecular weight excluding hydrogens is 330 g/mol. The largest absolute Gasteiger partial charge is 0.497 e. The van der Waals surface area contributed by atoms with E-state index in [4.69, 9.17) is 19.9 Å². The number of hydrogen-bond acceptors (Lipinski definition) is 6. The van der Waals surface area contributed by atoms with Crippen LogP contribution in [0, 0.1) is 0 Å². The highest BCUT2D eigenvalue weighted by Gasteiger charge is 2.13. The van der Waals surface area contributed by atoms with Crippen LogP contribution in [0.3, 0.4) is 0 Å². The summed E-state index contributed by atoms with van der Waals surface area (Å²) in [4.78, 5) is 8.19. The van der Waals surface area contributed by atoms with Crippen LogP contribution in [0.5, 0.6) is 29.0 Å². The van der Waals surface area contributed by atoms with E-state index in [-0.39, 0.29) is 17.4 Å². The van der Waals surface area contributed by atoms with Crippen LogP contribution in [0.15, 0.2) is 54.9 Å². The van der Waals surface area contributed by atoms with E-state index in [1.165, 1.54) is 11.9 Å². The molecule has 6 heteroatoms. The third kappa shape index (κ3) is 4.03. The Kier molecular flexibility index (Phi) is 5.22. The van der Waals surface area contributed by atoms with Crippen molar-refractivity contribution in [1.82, 2.24) is 9.97 Å². The van der Waals surface area contributed by atoms with Crippen molar-refractivity contribution < 1.29 is 14.2 Å². The molecule has 2 aromatic carbocycles. The molecule has 0 amide bonds. The van der Waals surface area contributed by atoms with Crippen LogP contribution in [0.4, 0.5) is 5.69 Å². The Morgan fingerprint density at radius 3 is 1.69 bits per heavy atom. The number of nitrogen functional groups attached to an aromatic ring is 1. The maximum atomic E-state index is 6.11. The second kappa shape index (κ2) is 7.74. The van der Waals surface area contributed by atoms with Crippen molar-refractivity contribution in [1.29, 1.82) is 0 Å². The summed E-state index contributed by atoms with van der Waals surface area (Å²) in [6.45, 7) is 4.28. The zero-order chi connectivity index (χ0) is 18.5. The highest BCUT2D eigenvalue weighted by Crippen LogP contribution is 2.34. The Hall–Kier alpha value is -3.28. The molecular formula is C20H21N3O3. The minimum Gasteiger partial charge on any atom is -0.497 e. The fourth-order valence-corrected chi connectivity index (χ4v) is 2.31. The number of benzene rings is 2. The highest BCUT2D eigenvalue weighted by molar-refractivity contribution is 5.58. The van der Waals surface area contributed by atoms with Crippen molar-refractivity contribution in [3.63, 3.8) is 0 Å². The van der Waals surface area contributed by atoms with Gasteiger partial charge in [-0.3, -0.25) is 0 Å². The molecule has 0 fully saturated rings. The third-order valence-corrected chi connectivity index (χ3v) is 3.85. The van der Waals surface area contributed by atoms with Gasteiger partial charge in [0.25, 0.3) is 0 Å². The van der Waals surface area contributed by atoms with Gasteiger partial charge in [0.1, 0.15) is 23.6 Å². The molecule has 0 spiro atoms. The molecule has 0 saturated carbocycles. The summed E-state index contributed by atoms with van der Waals surface area (Å²) in [5.74, 6) is 2.91. The average molecular weight is 351 g/mol. The number of nitrogens with zero attached hydrogens (tertiary/aromatic N) is 2. The smallest absolute Gasteiger partial charge is 0.249 e. The minimum absolute atomic E-state index is 0.233. The molecule has 6 nitrogen and oxygen atoms in total. The van der Waals surface area contributed by atoms with Crippen molar-refractivity contribution in [2.75, 3.05) is 12.8 Å². The van der Waals surface area contributed by atoms with Crippen LogP contribution in [0.2, 0.25) is 0 Å². The Labute approximate surface area is 152 Å². The normalized spacial score (nSPS) is 10.6. The van der Waals surface area contributed by atoms with E-state index >= 15 is 0 Å². The minimum atomic E-state index is 0.233. The first-order valence-electron chi connectivity index (χ1n) is 8.27. The van der Waals surface area contributed by atoms with Crippen LogP contribution in [-0.4, -0.2) is 17.1 Å². The Morgan fingerprint density at radius 2 is 1.23 bits per heavy atom. The summed E-state index contributed by atoms with van der Waals surface area (Å²) in [6, 6.07) is 14.9. The van der Waals surface area contributed by atoms with Crippen molar-refractivity contribution in [2.45, 2.75) is 19.8 Å². The lowest BCUT2D eigenvalue weighted by molar-refractivity contribution is 0.411. The van der Waals surface area contributed by atoms with Gasteiger partial charge in [-0.05, 0) is 47.9 Å². The van der Waals surface area contributed by atoms with Gasteiger partial charge in [0.2, 0.25) is 11.8 Å². The van der Waals surface area contributed by atoms with Crippen molar-refractivity contribution in [3.8, 4) is 29.0 Å². The quantitative estimate of drug-likeness (QED) is 0.689. The lowest BCUT2D eigenvalue weighted by Crippen LogP contribution is -2.00. The van der Waals surface area contributed by atoms with E-state index in [0.29, 0.717) is 17.4 Å². The monoisotopic (exact) mass is 351 g/mol. The molecule has 3 rings (SSSR count). The summed E-state index contributed by atoms with van der Waals surface area (Å²) >= 11 is 0. The van der Waals surface area contributed by atoms with Crippen LogP contribution >= 0.6 is 0 Å². The fourth-order valence-electron chi connectivity index (χ4n) is 2.31. The van der Waals surface area contributed by atoms with Gasteiger partial charge < -0.3 is 19.9 Å². The Balaban J connectivity index is 1.77. The molecule has 134 valence electrons. The van der Waals surface area contributed by atoms with Crippen molar-refractivity contribution in [2.24, 2.45) is 0 Å². The number of ether oxygens (including phenoxy) is 3. The zero-order valence-electron chi connectivity index (χ0n) is 15.0. The van der Waals surface area contributed by atoms with Crippen molar-refractivity contribution in [3.05, 3.63) is 60.4 Å². The molecule has 26 heavy (non-hydrogen) atoms. The Bertz CT molecular complexity index is 862. The zero-order valence-corrected chi connectivity index (χ0v) is 15.0. The number of anilines is 1. The van der Waals surface area contributed by atoms with Crippen LogP contribution in [0.1, 0.15) is 25.3 Å².